The van der Waals surface area contributed by atoms with Crippen LogP contribution in [0, 0.1) is 11.7 Å². The minimum absolute atomic E-state index is 0.177. The van der Waals surface area contributed by atoms with Gasteiger partial charge in [-0.3, -0.25) is 0 Å². The van der Waals surface area contributed by atoms with Crippen molar-refractivity contribution in [2.75, 3.05) is 11.9 Å². The Balaban J connectivity index is 2.00. The number of hydrogen-bond acceptors (Lipinski definition) is 2. The molecule has 18 heavy (non-hydrogen) atoms. The number of benzene rings is 1. The fourth-order valence-electron chi connectivity index (χ4n) is 2.67. The lowest BCUT2D eigenvalue weighted by atomic mass is 9.91. The third kappa shape index (κ3) is 3.70. The topological polar surface area (TPSA) is 24.1 Å². The Hall–Kier alpha value is -1.09. The third-order valence-corrected chi connectivity index (χ3v) is 3.49. The van der Waals surface area contributed by atoms with Gasteiger partial charge in [0.2, 0.25) is 0 Å². The Morgan fingerprint density at radius 2 is 2.28 bits per heavy atom. The molecular weight excluding hydrogens is 227 g/mol. The monoisotopic (exact) mass is 250 g/mol. The van der Waals surface area contributed by atoms with Crippen molar-refractivity contribution in [3.63, 3.8) is 0 Å². The van der Waals surface area contributed by atoms with E-state index < -0.39 is 0 Å². The first-order valence-corrected chi connectivity index (χ1v) is 6.90. The standard InChI is InChI=1S/C15H23FN2/c1-11(2)9-15-14(7-4-8-17-15)18-13-6-3-5-12(16)10-13/h3,5-6,10-11,14-15,17-18H,4,7-9H2,1-2H3/t14-,15-/m1/s1. The van der Waals surface area contributed by atoms with Gasteiger partial charge in [0.05, 0.1) is 0 Å². The molecule has 1 fully saturated rings. The molecule has 0 aromatic heterocycles. The molecule has 100 valence electrons. The summed E-state index contributed by atoms with van der Waals surface area (Å²) in [5.41, 5.74) is 0.887. The van der Waals surface area contributed by atoms with Gasteiger partial charge in [0.1, 0.15) is 5.82 Å². The van der Waals surface area contributed by atoms with E-state index in [0.717, 1.165) is 25.1 Å². The van der Waals surface area contributed by atoms with Crippen LogP contribution in [-0.4, -0.2) is 18.6 Å². The van der Waals surface area contributed by atoms with E-state index in [9.17, 15) is 4.39 Å². The highest BCUT2D eigenvalue weighted by molar-refractivity contribution is 5.44. The van der Waals surface area contributed by atoms with Crippen LogP contribution < -0.4 is 10.6 Å². The Bertz CT molecular complexity index is 379. The highest BCUT2D eigenvalue weighted by Gasteiger charge is 2.25. The van der Waals surface area contributed by atoms with Crippen LogP contribution in [0.15, 0.2) is 24.3 Å². The van der Waals surface area contributed by atoms with E-state index in [4.69, 9.17) is 0 Å². The molecule has 1 saturated heterocycles. The third-order valence-electron chi connectivity index (χ3n) is 3.49. The van der Waals surface area contributed by atoms with E-state index >= 15 is 0 Å². The normalized spacial score (nSPS) is 24.2. The molecule has 2 N–H and O–H groups in total. The van der Waals surface area contributed by atoms with Gasteiger partial charge >= 0.3 is 0 Å². The van der Waals surface area contributed by atoms with Gasteiger partial charge in [-0.2, -0.15) is 0 Å². The van der Waals surface area contributed by atoms with Crippen LogP contribution in [0.4, 0.5) is 10.1 Å². The van der Waals surface area contributed by atoms with Crippen molar-refractivity contribution in [1.82, 2.24) is 5.32 Å². The number of rotatable bonds is 4. The molecule has 1 aromatic rings. The van der Waals surface area contributed by atoms with Gasteiger partial charge in [-0.05, 0) is 49.9 Å². The molecule has 0 radical (unpaired) electrons. The molecule has 0 unspecified atom stereocenters. The van der Waals surface area contributed by atoms with Crippen LogP contribution in [0.5, 0.6) is 0 Å². The van der Waals surface area contributed by atoms with E-state index in [1.807, 2.05) is 6.07 Å². The second-order valence-corrected chi connectivity index (χ2v) is 5.59. The zero-order valence-corrected chi connectivity index (χ0v) is 11.2. The summed E-state index contributed by atoms with van der Waals surface area (Å²) in [7, 11) is 0. The molecule has 1 aliphatic heterocycles. The highest BCUT2D eigenvalue weighted by atomic mass is 19.1. The van der Waals surface area contributed by atoms with E-state index in [-0.39, 0.29) is 5.82 Å². The zero-order chi connectivity index (χ0) is 13.0. The van der Waals surface area contributed by atoms with Crippen molar-refractivity contribution in [2.45, 2.75) is 45.2 Å². The molecule has 0 bridgehead atoms. The molecule has 3 heteroatoms. The maximum absolute atomic E-state index is 13.2. The molecule has 0 amide bonds. The number of hydrogen-bond donors (Lipinski definition) is 2. The molecule has 0 spiro atoms. The van der Waals surface area contributed by atoms with Gasteiger partial charge in [-0.15, -0.1) is 0 Å². The lowest BCUT2D eigenvalue weighted by molar-refractivity contribution is 0.321. The summed E-state index contributed by atoms with van der Waals surface area (Å²) in [5.74, 6) is 0.501. The number of anilines is 1. The van der Waals surface area contributed by atoms with Gasteiger partial charge in [-0.1, -0.05) is 19.9 Å². The molecule has 1 heterocycles. The minimum atomic E-state index is -0.177. The first kappa shape index (κ1) is 13.3. The second kappa shape index (κ2) is 6.19. The van der Waals surface area contributed by atoms with Crippen LogP contribution in [0.1, 0.15) is 33.1 Å². The van der Waals surface area contributed by atoms with E-state index in [1.165, 1.54) is 12.5 Å². The summed E-state index contributed by atoms with van der Waals surface area (Å²) >= 11 is 0. The van der Waals surface area contributed by atoms with Crippen LogP contribution in [0.2, 0.25) is 0 Å². The van der Waals surface area contributed by atoms with E-state index in [0.29, 0.717) is 18.0 Å². The molecule has 0 aliphatic carbocycles. The molecular formula is C15H23FN2. The molecule has 0 saturated carbocycles. The van der Waals surface area contributed by atoms with Gasteiger partial charge < -0.3 is 10.6 Å². The van der Waals surface area contributed by atoms with Crippen molar-refractivity contribution >= 4 is 5.69 Å². The molecule has 1 aromatic carbocycles. The van der Waals surface area contributed by atoms with Crippen LogP contribution in [0.25, 0.3) is 0 Å². The van der Waals surface area contributed by atoms with Crippen LogP contribution in [-0.2, 0) is 0 Å². The molecule has 2 atom stereocenters. The smallest absolute Gasteiger partial charge is 0.125 e. The summed E-state index contributed by atoms with van der Waals surface area (Å²) < 4.78 is 13.2. The first-order chi connectivity index (χ1) is 8.65. The zero-order valence-electron chi connectivity index (χ0n) is 11.2. The lowest BCUT2D eigenvalue weighted by Gasteiger charge is -2.35. The van der Waals surface area contributed by atoms with Crippen molar-refractivity contribution < 1.29 is 4.39 Å². The van der Waals surface area contributed by atoms with Gasteiger partial charge in [0.15, 0.2) is 0 Å². The Labute approximate surface area is 109 Å². The number of nitrogens with one attached hydrogen (secondary N) is 2. The lowest BCUT2D eigenvalue weighted by Crippen LogP contribution is -2.49. The predicted octanol–water partition coefficient (Wildman–Crippen LogP) is 3.40. The first-order valence-electron chi connectivity index (χ1n) is 6.90. The van der Waals surface area contributed by atoms with Crippen molar-refractivity contribution in [2.24, 2.45) is 5.92 Å². The Morgan fingerprint density at radius 1 is 1.44 bits per heavy atom. The fraction of sp³-hybridized carbons (Fsp3) is 0.600. The summed E-state index contributed by atoms with van der Waals surface area (Å²) in [5, 5.41) is 7.05. The van der Waals surface area contributed by atoms with E-state index in [1.54, 1.807) is 12.1 Å². The van der Waals surface area contributed by atoms with Crippen molar-refractivity contribution in [3.8, 4) is 0 Å². The molecule has 1 aliphatic rings. The second-order valence-electron chi connectivity index (χ2n) is 5.59. The fourth-order valence-corrected chi connectivity index (χ4v) is 2.67. The predicted molar refractivity (Wildman–Crippen MR) is 74.3 cm³/mol. The van der Waals surface area contributed by atoms with Gasteiger partial charge in [0, 0.05) is 17.8 Å². The maximum Gasteiger partial charge on any atom is 0.125 e. The molecule has 2 nitrogen and oxygen atoms in total. The summed E-state index contributed by atoms with van der Waals surface area (Å²) in [6, 6.07) is 7.64. The number of piperidine rings is 1. The van der Waals surface area contributed by atoms with Crippen molar-refractivity contribution in [3.05, 3.63) is 30.1 Å². The quantitative estimate of drug-likeness (QED) is 0.855. The highest BCUT2D eigenvalue weighted by Crippen LogP contribution is 2.20. The minimum Gasteiger partial charge on any atom is -0.381 e. The Morgan fingerprint density at radius 3 is 3.00 bits per heavy atom. The van der Waals surface area contributed by atoms with Crippen LogP contribution >= 0.6 is 0 Å². The largest absolute Gasteiger partial charge is 0.381 e. The van der Waals surface area contributed by atoms with Gasteiger partial charge in [-0.25, -0.2) is 4.39 Å². The van der Waals surface area contributed by atoms with Gasteiger partial charge in [0.25, 0.3) is 0 Å². The molecule has 2 rings (SSSR count). The maximum atomic E-state index is 13.2. The van der Waals surface area contributed by atoms with Crippen LogP contribution in [0.3, 0.4) is 0 Å². The van der Waals surface area contributed by atoms with Crippen molar-refractivity contribution in [1.29, 1.82) is 0 Å². The summed E-state index contributed by atoms with van der Waals surface area (Å²) in [6.07, 6.45) is 3.50. The summed E-state index contributed by atoms with van der Waals surface area (Å²) in [4.78, 5) is 0. The van der Waals surface area contributed by atoms with E-state index in [2.05, 4.69) is 24.5 Å². The average molecular weight is 250 g/mol. The average Bonchev–Trinajstić information content (AvgIpc) is 2.31. The SMILES string of the molecule is CC(C)C[C@H]1NCCC[C@H]1Nc1cccc(F)c1. The Kier molecular flexibility index (Phi) is 4.59. The summed E-state index contributed by atoms with van der Waals surface area (Å²) in [6.45, 7) is 5.59. The number of halogens is 1.